The fourth-order valence-electron chi connectivity index (χ4n) is 2.21. The summed E-state index contributed by atoms with van der Waals surface area (Å²) in [5.74, 6) is -0.0617. The Bertz CT molecular complexity index is 636. The number of halogens is 1. The van der Waals surface area contributed by atoms with Crippen LogP contribution in [0.2, 0.25) is 0 Å². The van der Waals surface area contributed by atoms with E-state index >= 15 is 0 Å². The lowest BCUT2D eigenvalue weighted by Crippen LogP contribution is -2.45. The van der Waals surface area contributed by atoms with Gasteiger partial charge in [0.05, 0.1) is 4.90 Å². The molecule has 0 spiro atoms. The first-order valence-electron chi connectivity index (χ1n) is 8.25. The van der Waals surface area contributed by atoms with Gasteiger partial charge in [-0.15, -0.1) is 12.4 Å². The normalized spacial score (nSPS) is 11.9. The molecule has 3 N–H and O–H groups in total. The van der Waals surface area contributed by atoms with Crippen molar-refractivity contribution < 1.29 is 13.2 Å². The van der Waals surface area contributed by atoms with Crippen molar-refractivity contribution in [3.05, 3.63) is 29.8 Å². The van der Waals surface area contributed by atoms with Gasteiger partial charge in [0.2, 0.25) is 15.9 Å². The third kappa shape index (κ3) is 7.73. The molecule has 0 aromatic heterocycles. The second-order valence-corrected chi connectivity index (χ2v) is 8.44. The maximum absolute atomic E-state index is 12.4. The number of nitrogens with one attached hydrogen (secondary N) is 1. The van der Waals surface area contributed by atoms with Gasteiger partial charge in [0.25, 0.3) is 0 Å². The largest absolute Gasteiger partial charge is 0.354 e. The fraction of sp³-hybridized carbons (Fsp3) is 0.588. The van der Waals surface area contributed by atoms with Gasteiger partial charge >= 0.3 is 0 Å². The molecule has 1 amide bonds. The molecule has 0 aliphatic heterocycles. The minimum atomic E-state index is -3.43. The van der Waals surface area contributed by atoms with Gasteiger partial charge in [0.1, 0.15) is 0 Å². The average Bonchev–Trinajstić information content (AvgIpc) is 2.51. The highest BCUT2D eigenvalue weighted by Crippen LogP contribution is 2.16. The van der Waals surface area contributed by atoms with E-state index in [9.17, 15) is 13.2 Å². The molecule has 1 aromatic carbocycles. The number of benzene rings is 1. The fourth-order valence-corrected chi connectivity index (χ4v) is 3.67. The number of carbonyl (C=O) groups excluding carboxylic acids is 1. The lowest BCUT2D eigenvalue weighted by molar-refractivity contribution is -0.121. The smallest absolute Gasteiger partial charge is 0.243 e. The molecule has 0 heterocycles. The monoisotopic (exact) mass is 391 g/mol. The van der Waals surface area contributed by atoms with Crippen molar-refractivity contribution >= 4 is 28.3 Å². The average molecular weight is 392 g/mol. The van der Waals surface area contributed by atoms with Crippen molar-refractivity contribution in [3.8, 4) is 0 Å². The maximum atomic E-state index is 12.4. The van der Waals surface area contributed by atoms with Gasteiger partial charge in [0.15, 0.2) is 0 Å². The number of aryl methyl sites for hydroxylation is 1. The third-order valence-electron chi connectivity index (χ3n) is 3.65. The van der Waals surface area contributed by atoms with E-state index in [1.54, 1.807) is 24.3 Å². The number of carbonyl (C=O) groups is 1. The van der Waals surface area contributed by atoms with E-state index in [0.29, 0.717) is 32.5 Å². The highest BCUT2D eigenvalue weighted by atomic mass is 35.5. The molecule has 0 saturated carbocycles. The number of sulfonamides is 1. The molecule has 0 saturated heterocycles. The van der Waals surface area contributed by atoms with Crippen LogP contribution in [0.15, 0.2) is 29.2 Å². The summed E-state index contributed by atoms with van der Waals surface area (Å²) >= 11 is 0. The molecule has 0 atom stereocenters. The Morgan fingerprint density at radius 1 is 1.16 bits per heavy atom. The molecule has 25 heavy (non-hydrogen) atoms. The summed E-state index contributed by atoms with van der Waals surface area (Å²) in [4.78, 5) is 12.1. The van der Waals surface area contributed by atoms with E-state index in [4.69, 9.17) is 5.73 Å². The minimum Gasteiger partial charge on any atom is -0.354 e. The van der Waals surface area contributed by atoms with Crippen LogP contribution in [0.5, 0.6) is 0 Å². The molecule has 0 radical (unpaired) electrons. The number of hydrogen-bond acceptors (Lipinski definition) is 4. The molecule has 0 aliphatic carbocycles. The maximum Gasteiger partial charge on any atom is 0.243 e. The van der Waals surface area contributed by atoms with Crippen molar-refractivity contribution in [2.24, 2.45) is 5.73 Å². The first kappa shape index (κ1) is 23.9. The van der Waals surface area contributed by atoms with Gasteiger partial charge in [-0.25, -0.2) is 8.42 Å². The van der Waals surface area contributed by atoms with Crippen molar-refractivity contribution in [1.82, 2.24) is 9.62 Å². The summed E-state index contributed by atoms with van der Waals surface area (Å²) in [6.45, 7) is 8.64. The predicted molar refractivity (Wildman–Crippen MR) is 103 cm³/mol. The summed E-state index contributed by atoms with van der Waals surface area (Å²) in [6, 6.07) is 6.72. The van der Waals surface area contributed by atoms with Gasteiger partial charge in [-0.1, -0.05) is 26.0 Å². The Morgan fingerprint density at radius 3 is 2.12 bits per heavy atom. The van der Waals surface area contributed by atoms with E-state index in [1.807, 2.05) is 27.7 Å². The Balaban J connectivity index is 0.00000576. The highest BCUT2D eigenvalue weighted by molar-refractivity contribution is 7.89. The standard InChI is InChI=1S/C17H29N3O3S.ClH/c1-5-20(6-2)24(22,23)15-10-7-14(8-11-15)9-12-16(21)19-13-17(3,4)18;/h7-8,10-11H,5-6,9,12-13,18H2,1-4H3,(H,19,21);1H. The Morgan fingerprint density at radius 2 is 1.68 bits per heavy atom. The second kappa shape index (κ2) is 10.1. The Labute approximate surface area is 157 Å². The molecule has 0 aliphatic rings. The van der Waals surface area contributed by atoms with Crippen molar-refractivity contribution in [3.63, 3.8) is 0 Å². The lowest BCUT2D eigenvalue weighted by Gasteiger charge is -2.19. The van der Waals surface area contributed by atoms with E-state index in [1.165, 1.54) is 4.31 Å². The Kier molecular flexibility index (Phi) is 9.64. The summed E-state index contributed by atoms with van der Waals surface area (Å²) < 4.78 is 26.2. The topological polar surface area (TPSA) is 92.5 Å². The van der Waals surface area contributed by atoms with Crippen LogP contribution in [0.4, 0.5) is 0 Å². The molecular formula is C17H30ClN3O3S. The Hall–Kier alpha value is -1.15. The molecule has 0 unspecified atom stereocenters. The van der Waals surface area contributed by atoms with Crippen LogP contribution in [0, 0.1) is 0 Å². The number of hydrogen-bond donors (Lipinski definition) is 2. The van der Waals surface area contributed by atoms with Gasteiger partial charge in [0, 0.05) is 31.6 Å². The molecule has 8 heteroatoms. The number of amides is 1. The zero-order valence-electron chi connectivity index (χ0n) is 15.4. The number of nitrogens with two attached hydrogens (primary N) is 1. The number of rotatable bonds is 9. The molecule has 1 rings (SSSR count). The van der Waals surface area contributed by atoms with Crippen molar-refractivity contribution in [2.45, 2.75) is 51.0 Å². The first-order valence-corrected chi connectivity index (χ1v) is 9.69. The van der Waals surface area contributed by atoms with E-state index in [-0.39, 0.29) is 23.2 Å². The molecule has 0 bridgehead atoms. The quantitative estimate of drug-likeness (QED) is 0.672. The van der Waals surface area contributed by atoms with E-state index in [2.05, 4.69) is 5.32 Å². The van der Waals surface area contributed by atoms with Gasteiger partial charge in [-0.05, 0) is 38.0 Å². The molecule has 6 nitrogen and oxygen atoms in total. The van der Waals surface area contributed by atoms with Crippen LogP contribution >= 0.6 is 12.4 Å². The van der Waals surface area contributed by atoms with Crippen LogP contribution in [-0.4, -0.2) is 43.8 Å². The second-order valence-electron chi connectivity index (χ2n) is 6.50. The molecular weight excluding hydrogens is 362 g/mol. The highest BCUT2D eigenvalue weighted by Gasteiger charge is 2.21. The zero-order chi connectivity index (χ0) is 18.4. The third-order valence-corrected chi connectivity index (χ3v) is 5.71. The molecule has 1 aromatic rings. The van der Waals surface area contributed by atoms with Crippen LogP contribution < -0.4 is 11.1 Å². The van der Waals surface area contributed by atoms with Crippen LogP contribution in [0.1, 0.15) is 39.7 Å². The van der Waals surface area contributed by atoms with Gasteiger partial charge in [-0.3, -0.25) is 4.79 Å². The summed E-state index contributed by atoms with van der Waals surface area (Å²) in [7, 11) is -3.43. The summed E-state index contributed by atoms with van der Waals surface area (Å²) in [5.41, 5.74) is 6.31. The number of nitrogens with zero attached hydrogens (tertiary/aromatic N) is 1. The van der Waals surface area contributed by atoms with Gasteiger partial charge < -0.3 is 11.1 Å². The SMILES string of the molecule is CCN(CC)S(=O)(=O)c1ccc(CCC(=O)NCC(C)(C)N)cc1.Cl. The summed E-state index contributed by atoms with van der Waals surface area (Å²) in [5, 5.41) is 2.79. The van der Waals surface area contributed by atoms with Crippen LogP contribution in [0.25, 0.3) is 0 Å². The van der Waals surface area contributed by atoms with E-state index < -0.39 is 15.6 Å². The van der Waals surface area contributed by atoms with Crippen molar-refractivity contribution in [1.29, 1.82) is 0 Å². The van der Waals surface area contributed by atoms with Crippen LogP contribution in [0.3, 0.4) is 0 Å². The van der Waals surface area contributed by atoms with Crippen LogP contribution in [-0.2, 0) is 21.2 Å². The molecule has 144 valence electrons. The minimum absolute atomic E-state index is 0. The summed E-state index contributed by atoms with van der Waals surface area (Å²) in [6.07, 6.45) is 0.903. The van der Waals surface area contributed by atoms with E-state index in [0.717, 1.165) is 5.56 Å². The van der Waals surface area contributed by atoms with Gasteiger partial charge in [-0.2, -0.15) is 4.31 Å². The lowest BCUT2D eigenvalue weighted by atomic mass is 10.1. The molecule has 0 fully saturated rings. The zero-order valence-corrected chi connectivity index (χ0v) is 17.0. The van der Waals surface area contributed by atoms with Crippen molar-refractivity contribution in [2.75, 3.05) is 19.6 Å². The predicted octanol–water partition coefficient (Wildman–Crippen LogP) is 1.93. The first-order chi connectivity index (χ1) is 11.1.